The largest absolute Gasteiger partial charge is 3.00 e. The van der Waals surface area contributed by atoms with Gasteiger partial charge >= 0.3 is 22.4 Å². The van der Waals surface area contributed by atoms with Crippen molar-refractivity contribution < 1.29 is 52.1 Å². The molecule has 0 aliphatic carbocycles. The zero-order valence-electron chi connectivity index (χ0n) is 11.0. The Labute approximate surface area is 127 Å². The van der Waals surface area contributed by atoms with Crippen molar-refractivity contribution in [2.24, 2.45) is 0 Å². The molecule has 104 valence electrons. The summed E-state index contributed by atoms with van der Waals surface area (Å²) in [6.07, 6.45) is 0. The minimum absolute atomic E-state index is 0. The summed E-state index contributed by atoms with van der Waals surface area (Å²) in [6.45, 7) is 13.4. The number of hydrogen-bond donors (Lipinski definition) is 0. The topological polar surface area (TPSA) is 120 Å². The van der Waals surface area contributed by atoms with Gasteiger partial charge in [-0.2, -0.15) is 0 Å². The van der Waals surface area contributed by atoms with Crippen LogP contribution in [0.5, 0.6) is 0 Å². The van der Waals surface area contributed by atoms with E-state index in [9.17, 15) is 29.7 Å². The summed E-state index contributed by atoms with van der Waals surface area (Å²) in [5.41, 5.74) is 0.194. The molecule has 0 amide bonds. The summed E-state index contributed by atoms with van der Waals surface area (Å²) in [7, 11) is 0. The molecule has 0 saturated carbocycles. The van der Waals surface area contributed by atoms with Gasteiger partial charge in [0.1, 0.15) is 0 Å². The van der Waals surface area contributed by atoms with Crippen molar-refractivity contribution in [2.75, 3.05) is 0 Å². The Kier molecular flexibility index (Phi) is 19.8. The van der Waals surface area contributed by atoms with Gasteiger partial charge in [0.25, 0.3) is 0 Å². The van der Waals surface area contributed by atoms with Crippen LogP contribution in [0.3, 0.4) is 0 Å². The summed E-state index contributed by atoms with van der Waals surface area (Å²) in [4.78, 5) is 28.5. The predicted octanol–water partition coefficient (Wildman–Crippen LogP) is -2.07. The monoisotopic (exact) mass is 348 g/mol. The van der Waals surface area contributed by atoms with E-state index in [-0.39, 0.29) is 39.1 Å². The van der Waals surface area contributed by atoms with Crippen molar-refractivity contribution >= 4 is 17.9 Å². The van der Waals surface area contributed by atoms with E-state index in [1.807, 2.05) is 0 Å². The molecular weight excluding hydrogens is 333 g/mol. The van der Waals surface area contributed by atoms with Crippen molar-refractivity contribution in [1.82, 2.24) is 0 Å². The van der Waals surface area contributed by atoms with Gasteiger partial charge in [0.15, 0.2) is 0 Å². The Bertz CT molecular complexity index is 277. The van der Waals surface area contributed by atoms with Crippen LogP contribution in [0.25, 0.3) is 0 Å². The van der Waals surface area contributed by atoms with Gasteiger partial charge in [0, 0.05) is 0 Å². The van der Waals surface area contributed by atoms with E-state index < -0.39 is 17.9 Å². The summed E-state index contributed by atoms with van der Waals surface area (Å²) < 4.78 is 0. The van der Waals surface area contributed by atoms with Gasteiger partial charge in [-0.1, -0.05) is 19.7 Å². The zero-order valence-corrected chi connectivity index (χ0v) is 13.2. The van der Waals surface area contributed by atoms with Gasteiger partial charge in [0.05, 0.1) is 17.9 Å². The van der Waals surface area contributed by atoms with Crippen LogP contribution in [-0.2, 0) is 36.8 Å². The Morgan fingerprint density at radius 3 is 0.684 bits per heavy atom. The number of hydrogen-bond acceptors (Lipinski definition) is 6. The van der Waals surface area contributed by atoms with Crippen molar-refractivity contribution in [3.63, 3.8) is 0 Å². The molecule has 0 atom stereocenters. The van der Waals surface area contributed by atoms with Crippen molar-refractivity contribution in [2.45, 2.75) is 20.8 Å². The smallest absolute Gasteiger partial charge is 0.545 e. The van der Waals surface area contributed by atoms with E-state index in [2.05, 4.69) is 19.7 Å². The number of carbonyl (C=O) groups excluding carboxylic acids is 3. The second-order valence-corrected chi connectivity index (χ2v) is 3.20. The molecule has 0 aliphatic rings. The van der Waals surface area contributed by atoms with Crippen LogP contribution in [0.2, 0.25) is 0 Å². The number of carboxylic acid groups (broad SMARTS) is 3. The second-order valence-electron chi connectivity index (χ2n) is 3.20. The molecule has 7 heteroatoms. The first kappa shape index (κ1) is 26.0. The molecule has 0 aromatic rings. The third-order valence-corrected chi connectivity index (χ3v) is 1.05. The van der Waals surface area contributed by atoms with Crippen molar-refractivity contribution in [1.29, 1.82) is 0 Å². The zero-order chi connectivity index (χ0) is 15.5. The summed E-state index contributed by atoms with van der Waals surface area (Å²) in [6, 6.07) is 0. The molecule has 0 aromatic heterocycles. The third-order valence-electron chi connectivity index (χ3n) is 1.05. The van der Waals surface area contributed by atoms with Gasteiger partial charge < -0.3 is 29.7 Å². The van der Waals surface area contributed by atoms with Crippen LogP contribution in [0.4, 0.5) is 0 Å². The van der Waals surface area contributed by atoms with E-state index in [4.69, 9.17) is 0 Å². The van der Waals surface area contributed by atoms with E-state index >= 15 is 0 Å². The van der Waals surface area contributed by atoms with E-state index in [0.29, 0.717) is 0 Å². The summed E-state index contributed by atoms with van der Waals surface area (Å²) in [5, 5.41) is 28.5. The maximum Gasteiger partial charge on any atom is 3.00 e. The Morgan fingerprint density at radius 2 is 0.684 bits per heavy atom. The molecule has 0 saturated heterocycles. The molecule has 0 spiro atoms. The van der Waals surface area contributed by atoms with Gasteiger partial charge in [-0.05, 0) is 37.5 Å². The molecule has 0 heterocycles. The van der Waals surface area contributed by atoms with Crippen LogP contribution < -0.4 is 15.3 Å². The average Bonchev–Trinajstić information content (AvgIpc) is 2.18. The van der Waals surface area contributed by atoms with Gasteiger partial charge in [-0.3, -0.25) is 0 Å². The third kappa shape index (κ3) is 31.4. The van der Waals surface area contributed by atoms with Crippen molar-refractivity contribution in [3.8, 4) is 0 Å². The molecule has 0 rings (SSSR count). The van der Waals surface area contributed by atoms with Crippen LogP contribution in [-0.4, -0.2) is 17.9 Å². The molecule has 0 unspecified atom stereocenters. The van der Waals surface area contributed by atoms with Gasteiger partial charge in [-0.25, -0.2) is 0 Å². The summed E-state index contributed by atoms with van der Waals surface area (Å²) >= 11 is 0. The SMILES string of the molecule is C=C(C)C(=O)[O-].C=C(C)C(=O)[O-].C=C(C)C(=O)[O-].[Nb+3]. The molecule has 0 aliphatic heterocycles. The predicted molar refractivity (Wildman–Crippen MR) is 59.5 cm³/mol. The fraction of sp³-hybridized carbons (Fsp3) is 0.250. The molecule has 6 nitrogen and oxygen atoms in total. The van der Waals surface area contributed by atoms with Gasteiger partial charge in [-0.15, -0.1) is 0 Å². The quantitative estimate of drug-likeness (QED) is 0.427. The molecule has 0 aromatic carbocycles. The molecular formula is C12H15NbO6. The molecule has 0 bridgehead atoms. The first-order valence-corrected chi connectivity index (χ1v) is 4.54. The van der Waals surface area contributed by atoms with Crippen LogP contribution in [0.1, 0.15) is 20.8 Å². The Hall–Kier alpha value is -1.63. The number of carbonyl (C=O) groups is 3. The number of aliphatic carboxylic acids is 3. The maximum absolute atomic E-state index is 9.49. The first-order valence-electron chi connectivity index (χ1n) is 4.54. The fourth-order valence-corrected chi connectivity index (χ4v) is 0. The first-order chi connectivity index (χ1) is 7.93. The standard InChI is InChI=1S/3C4H6O2.Nb/c3*1-3(2)4(5)6;/h3*1H2,2H3,(H,5,6);/q;;;+3/p-3. The second kappa shape index (κ2) is 14.4. The molecule has 19 heavy (non-hydrogen) atoms. The normalized spacial score (nSPS) is 7.11. The van der Waals surface area contributed by atoms with Crippen LogP contribution in [0.15, 0.2) is 36.5 Å². The molecule has 0 radical (unpaired) electrons. The van der Waals surface area contributed by atoms with Crippen LogP contribution in [0, 0.1) is 0 Å². The summed E-state index contributed by atoms with van der Waals surface area (Å²) in [5.74, 6) is -3.56. The van der Waals surface area contributed by atoms with Gasteiger partial charge in [0.2, 0.25) is 0 Å². The molecule has 0 N–H and O–H groups in total. The minimum Gasteiger partial charge on any atom is -0.545 e. The van der Waals surface area contributed by atoms with Crippen LogP contribution >= 0.6 is 0 Å². The van der Waals surface area contributed by atoms with E-state index in [1.165, 1.54) is 20.8 Å². The average molecular weight is 348 g/mol. The molecule has 0 fully saturated rings. The number of carboxylic acids is 3. The minimum atomic E-state index is -1.19. The van der Waals surface area contributed by atoms with E-state index in [1.54, 1.807) is 0 Å². The maximum atomic E-state index is 9.49. The number of rotatable bonds is 3. The van der Waals surface area contributed by atoms with Crippen molar-refractivity contribution in [3.05, 3.63) is 36.5 Å². The van der Waals surface area contributed by atoms with E-state index in [0.717, 1.165) is 0 Å². The Balaban J connectivity index is -0.0000000865. The Morgan fingerprint density at radius 1 is 0.632 bits per heavy atom. The fourth-order valence-electron chi connectivity index (χ4n) is 0.